The average Bonchev–Trinajstić information content (AvgIpc) is 3.14. The molecule has 0 aromatic heterocycles. The lowest BCUT2D eigenvalue weighted by molar-refractivity contribution is -0.166. The Hall–Kier alpha value is -3.41. The predicted octanol–water partition coefficient (Wildman–Crippen LogP) is 12.9. The van der Waals surface area contributed by atoms with Crippen LogP contribution in [0, 0.1) is 0 Å². The van der Waals surface area contributed by atoms with E-state index in [4.69, 9.17) is 14.2 Å². The van der Waals surface area contributed by atoms with E-state index in [1.165, 1.54) is 38.5 Å². The first kappa shape index (κ1) is 48.6. The number of hydrogen-bond donors (Lipinski definition) is 0. The summed E-state index contributed by atoms with van der Waals surface area (Å²) in [5.41, 5.74) is 0. The quantitative estimate of drug-likeness (QED) is 0.0213. The monoisotopic (exact) mass is 723 g/mol. The third-order valence-corrected chi connectivity index (χ3v) is 8.21. The highest BCUT2D eigenvalue weighted by atomic mass is 16.6. The van der Waals surface area contributed by atoms with Gasteiger partial charge in [0.25, 0.3) is 0 Å². The van der Waals surface area contributed by atoms with Crippen molar-refractivity contribution in [2.75, 3.05) is 13.2 Å². The van der Waals surface area contributed by atoms with E-state index in [-0.39, 0.29) is 31.6 Å². The van der Waals surface area contributed by atoms with Gasteiger partial charge in [-0.1, -0.05) is 164 Å². The second kappa shape index (κ2) is 40.4. The lowest BCUT2D eigenvalue weighted by Crippen LogP contribution is -2.30. The molecule has 0 aliphatic rings. The predicted molar refractivity (Wildman–Crippen MR) is 219 cm³/mol. The minimum Gasteiger partial charge on any atom is -0.462 e. The minimum absolute atomic E-state index is 0.116. The van der Waals surface area contributed by atoms with E-state index in [9.17, 15) is 14.4 Å². The molecule has 0 rings (SSSR count). The zero-order chi connectivity index (χ0) is 38.0. The smallest absolute Gasteiger partial charge is 0.309 e. The van der Waals surface area contributed by atoms with Crippen molar-refractivity contribution in [3.05, 3.63) is 85.1 Å². The van der Waals surface area contributed by atoms with Crippen LogP contribution in [0.3, 0.4) is 0 Å². The number of allylic oxidation sites excluding steroid dienone is 13. The number of ether oxygens (including phenoxy) is 3. The Kier molecular flexibility index (Phi) is 37.7. The van der Waals surface area contributed by atoms with Gasteiger partial charge >= 0.3 is 17.9 Å². The molecule has 6 nitrogen and oxygen atoms in total. The van der Waals surface area contributed by atoms with Crippen LogP contribution in [0.15, 0.2) is 85.1 Å². The molecule has 0 amide bonds. The third kappa shape index (κ3) is 37.8. The molecule has 1 unspecified atom stereocenters. The van der Waals surface area contributed by atoms with Crippen molar-refractivity contribution in [1.29, 1.82) is 0 Å². The molecule has 0 saturated heterocycles. The second-order valence-corrected chi connectivity index (χ2v) is 13.2. The van der Waals surface area contributed by atoms with Crippen LogP contribution in [0.25, 0.3) is 0 Å². The summed E-state index contributed by atoms with van der Waals surface area (Å²) in [6, 6.07) is 0. The van der Waals surface area contributed by atoms with Gasteiger partial charge in [-0.15, -0.1) is 0 Å². The molecule has 0 N–H and O–H groups in total. The van der Waals surface area contributed by atoms with Crippen LogP contribution >= 0.6 is 0 Å². The summed E-state index contributed by atoms with van der Waals surface area (Å²) in [6.45, 7) is 6.19. The Morgan fingerprint density at radius 3 is 1.54 bits per heavy atom. The maximum absolute atomic E-state index is 12.6. The Morgan fingerprint density at radius 1 is 0.442 bits per heavy atom. The molecule has 0 bridgehead atoms. The first-order valence-corrected chi connectivity index (χ1v) is 20.6. The zero-order valence-electron chi connectivity index (χ0n) is 33.3. The minimum atomic E-state index is -0.819. The summed E-state index contributed by atoms with van der Waals surface area (Å²) in [5.74, 6) is -1.08. The first-order valence-electron chi connectivity index (χ1n) is 20.6. The van der Waals surface area contributed by atoms with E-state index >= 15 is 0 Å². The fourth-order valence-corrected chi connectivity index (χ4v) is 5.13. The Morgan fingerprint density at radius 2 is 0.923 bits per heavy atom. The SMILES string of the molecule is CC\C=C/C=C\C=C/CCCCCCCCCC(=O)OCC(COC(=O)C/C=C\C/C=C\C/C=C\CC)OC(=O)CCCCCC/C=C\CCCC. The van der Waals surface area contributed by atoms with Gasteiger partial charge in [0.15, 0.2) is 6.10 Å². The molecular formula is C46H74O6. The molecule has 0 radical (unpaired) electrons. The lowest BCUT2D eigenvalue weighted by Gasteiger charge is -2.18. The number of unbranched alkanes of at least 4 members (excludes halogenated alkanes) is 13. The molecule has 0 heterocycles. The van der Waals surface area contributed by atoms with E-state index < -0.39 is 12.1 Å². The van der Waals surface area contributed by atoms with Crippen molar-refractivity contribution in [3.8, 4) is 0 Å². The van der Waals surface area contributed by atoms with E-state index in [0.29, 0.717) is 12.8 Å². The normalized spacial score (nSPS) is 12.9. The van der Waals surface area contributed by atoms with Crippen LogP contribution in [-0.2, 0) is 28.6 Å². The number of carbonyl (C=O) groups excluding carboxylic acids is 3. The molecule has 0 aromatic rings. The largest absolute Gasteiger partial charge is 0.462 e. The van der Waals surface area contributed by atoms with Crippen LogP contribution in [0.4, 0.5) is 0 Å². The van der Waals surface area contributed by atoms with Crippen LogP contribution in [0.2, 0.25) is 0 Å². The van der Waals surface area contributed by atoms with Crippen LogP contribution in [-0.4, -0.2) is 37.2 Å². The van der Waals surface area contributed by atoms with Crippen LogP contribution in [0.5, 0.6) is 0 Å². The van der Waals surface area contributed by atoms with Gasteiger partial charge in [0, 0.05) is 12.8 Å². The molecule has 0 aromatic carbocycles. The molecule has 294 valence electrons. The van der Waals surface area contributed by atoms with Gasteiger partial charge in [-0.3, -0.25) is 14.4 Å². The van der Waals surface area contributed by atoms with Gasteiger partial charge in [-0.2, -0.15) is 0 Å². The fraction of sp³-hybridized carbons (Fsp3) is 0.630. The zero-order valence-corrected chi connectivity index (χ0v) is 33.3. The van der Waals surface area contributed by atoms with Gasteiger partial charge < -0.3 is 14.2 Å². The third-order valence-electron chi connectivity index (χ3n) is 8.21. The van der Waals surface area contributed by atoms with E-state index in [2.05, 4.69) is 93.7 Å². The van der Waals surface area contributed by atoms with Crippen molar-refractivity contribution in [3.63, 3.8) is 0 Å². The van der Waals surface area contributed by atoms with Crippen molar-refractivity contribution >= 4 is 17.9 Å². The Balaban J connectivity index is 4.46. The van der Waals surface area contributed by atoms with Crippen LogP contribution < -0.4 is 0 Å². The van der Waals surface area contributed by atoms with E-state index in [1.54, 1.807) is 6.08 Å². The molecular weight excluding hydrogens is 648 g/mol. The topological polar surface area (TPSA) is 78.9 Å². The Bertz CT molecular complexity index is 1060. The van der Waals surface area contributed by atoms with Gasteiger partial charge in [0.05, 0.1) is 6.42 Å². The van der Waals surface area contributed by atoms with Gasteiger partial charge in [-0.25, -0.2) is 0 Å². The molecule has 6 heteroatoms. The molecule has 0 saturated carbocycles. The van der Waals surface area contributed by atoms with E-state index in [1.807, 2.05) is 6.08 Å². The number of rotatable bonds is 35. The molecule has 1 atom stereocenters. The maximum atomic E-state index is 12.6. The first-order chi connectivity index (χ1) is 25.5. The van der Waals surface area contributed by atoms with Gasteiger partial charge in [-0.05, 0) is 70.6 Å². The number of hydrogen-bond acceptors (Lipinski definition) is 6. The highest BCUT2D eigenvalue weighted by Crippen LogP contribution is 2.12. The molecule has 0 aliphatic heterocycles. The summed E-state index contributed by atoms with van der Waals surface area (Å²) in [4.78, 5) is 37.4. The second-order valence-electron chi connectivity index (χ2n) is 13.2. The summed E-state index contributed by atoms with van der Waals surface area (Å²) >= 11 is 0. The van der Waals surface area contributed by atoms with Crippen molar-refractivity contribution in [2.45, 2.75) is 175 Å². The fourth-order valence-electron chi connectivity index (χ4n) is 5.13. The number of carbonyl (C=O) groups is 3. The lowest BCUT2D eigenvalue weighted by atomic mass is 10.1. The molecule has 0 spiro atoms. The summed E-state index contributed by atoms with van der Waals surface area (Å²) in [6.07, 6.45) is 50.3. The van der Waals surface area contributed by atoms with E-state index in [0.717, 1.165) is 89.9 Å². The molecule has 0 aliphatic carbocycles. The van der Waals surface area contributed by atoms with Gasteiger partial charge in [0.1, 0.15) is 13.2 Å². The molecule has 52 heavy (non-hydrogen) atoms. The number of esters is 3. The maximum Gasteiger partial charge on any atom is 0.309 e. The highest BCUT2D eigenvalue weighted by molar-refractivity contribution is 5.72. The highest BCUT2D eigenvalue weighted by Gasteiger charge is 2.19. The van der Waals surface area contributed by atoms with Crippen LogP contribution in [0.1, 0.15) is 168 Å². The van der Waals surface area contributed by atoms with Gasteiger partial charge in [0.2, 0.25) is 0 Å². The standard InChI is InChI=1S/C46H74O6/c1-4-7-10-13-16-19-21-22-23-24-25-28-30-33-36-39-45(48)51-42-43(41-50-44(47)38-35-32-29-26-18-15-12-9-6-3)52-46(49)40-37-34-31-27-20-17-14-11-8-5-2/h7,9-10,12-14,16-19,21,26,32,35,43H,4-6,8,11,15,20,22-25,27-31,33-34,36-42H2,1-3H3/b10-7-,12-9-,16-13-,17-14-,21-19-,26-18-,35-32-. The summed E-state index contributed by atoms with van der Waals surface area (Å²) in [5, 5.41) is 0. The average molecular weight is 723 g/mol. The van der Waals surface area contributed by atoms with Crippen molar-refractivity contribution < 1.29 is 28.6 Å². The van der Waals surface area contributed by atoms with Crippen molar-refractivity contribution in [1.82, 2.24) is 0 Å². The van der Waals surface area contributed by atoms with Crippen molar-refractivity contribution in [2.24, 2.45) is 0 Å². The Labute approximate surface area is 318 Å². The summed E-state index contributed by atoms with van der Waals surface area (Å²) < 4.78 is 16.5. The molecule has 0 fully saturated rings. The summed E-state index contributed by atoms with van der Waals surface area (Å²) in [7, 11) is 0.